The molecule has 1 rings (SSSR count). The molecule has 19 heavy (non-hydrogen) atoms. The van der Waals surface area contributed by atoms with Crippen LogP contribution in [-0.2, 0) is 9.53 Å². The Morgan fingerprint density at radius 3 is 2.74 bits per heavy atom. The quantitative estimate of drug-likeness (QED) is 0.750. The number of ether oxygens (including phenoxy) is 1. The summed E-state index contributed by atoms with van der Waals surface area (Å²) in [6.45, 7) is 9.47. The van der Waals surface area contributed by atoms with Crippen LogP contribution in [0.25, 0.3) is 0 Å². The highest BCUT2D eigenvalue weighted by Crippen LogP contribution is 2.25. The van der Waals surface area contributed by atoms with Gasteiger partial charge >= 0.3 is 0 Å². The van der Waals surface area contributed by atoms with E-state index in [0.717, 1.165) is 31.8 Å². The lowest BCUT2D eigenvalue weighted by Crippen LogP contribution is -2.46. The Morgan fingerprint density at radius 1 is 1.37 bits per heavy atom. The van der Waals surface area contributed by atoms with Crippen LogP contribution in [0.5, 0.6) is 0 Å². The van der Waals surface area contributed by atoms with Gasteiger partial charge in [0.15, 0.2) is 0 Å². The summed E-state index contributed by atoms with van der Waals surface area (Å²) in [5.41, 5.74) is 0. The van der Waals surface area contributed by atoms with Crippen LogP contribution in [0, 0.1) is 11.8 Å². The Balaban J connectivity index is 2.51. The normalized spacial score (nSPS) is 24.6. The minimum Gasteiger partial charge on any atom is -0.383 e. The number of rotatable bonds is 6. The highest BCUT2D eigenvalue weighted by molar-refractivity contribution is 5.78. The average Bonchev–Trinajstić information content (AvgIpc) is 2.56. The van der Waals surface area contributed by atoms with Gasteiger partial charge in [0, 0.05) is 26.2 Å². The second-order valence-corrected chi connectivity index (χ2v) is 6.04. The Labute approximate surface area is 117 Å². The van der Waals surface area contributed by atoms with Gasteiger partial charge in [-0.2, -0.15) is 0 Å². The van der Waals surface area contributed by atoms with Crippen LogP contribution < -0.4 is 5.32 Å². The molecule has 0 spiro atoms. The number of nitrogens with zero attached hydrogens (tertiary/aromatic N) is 1. The zero-order chi connectivity index (χ0) is 14.3. The number of nitrogens with one attached hydrogen (secondary N) is 1. The van der Waals surface area contributed by atoms with Crippen molar-refractivity contribution in [2.45, 2.75) is 46.1 Å². The number of carbonyl (C=O) groups excluding carboxylic acids is 1. The second kappa shape index (κ2) is 8.54. The largest absolute Gasteiger partial charge is 0.383 e. The Hall–Kier alpha value is -0.610. The van der Waals surface area contributed by atoms with Crippen molar-refractivity contribution in [2.24, 2.45) is 11.8 Å². The lowest BCUT2D eigenvalue weighted by atomic mass is 9.95. The summed E-state index contributed by atoms with van der Waals surface area (Å²) < 4.78 is 4.98. The summed E-state index contributed by atoms with van der Waals surface area (Å²) in [6, 6.07) is 0.404. The summed E-state index contributed by atoms with van der Waals surface area (Å²) in [5.74, 6) is 1.51. The molecule has 1 fully saturated rings. The maximum Gasteiger partial charge on any atom is 0.236 e. The van der Waals surface area contributed by atoms with Crippen LogP contribution in [0.4, 0.5) is 0 Å². The van der Waals surface area contributed by atoms with Crippen molar-refractivity contribution in [3.8, 4) is 0 Å². The Kier molecular flexibility index (Phi) is 7.39. The summed E-state index contributed by atoms with van der Waals surface area (Å²) >= 11 is 0. The molecule has 4 nitrogen and oxygen atoms in total. The topological polar surface area (TPSA) is 41.6 Å². The molecule has 1 heterocycles. The number of amides is 1. The molecule has 0 aromatic heterocycles. The van der Waals surface area contributed by atoms with E-state index >= 15 is 0 Å². The molecule has 1 aliphatic heterocycles. The molecule has 1 N–H and O–H groups in total. The first-order chi connectivity index (χ1) is 9.06. The predicted molar refractivity (Wildman–Crippen MR) is 78.1 cm³/mol. The fourth-order valence-electron chi connectivity index (χ4n) is 2.75. The van der Waals surface area contributed by atoms with E-state index in [1.165, 1.54) is 6.42 Å². The first kappa shape index (κ1) is 16.4. The van der Waals surface area contributed by atoms with Gasteiger partial charge in [0.1, 0.15) is 0 Å². The van der Waals surface area contributed by atoms with Crippen LogP contribution in [0.2, 0.25) is 0 Å². The smallest absolute Gasteiger partial charge is 0.236 e. The predicted octanol–water partition coefficient (Wildman–Crippen LogP) is 1.90. The molecule has 1 amide bonds. The van der Waals surface area contributed by atoms with E-state index in [1.807, 2.05) is 0 Å². The maximum absolute atomic E-state index is 12.4. The van der Waals surface area contributed by atoms with E-state index < -0.39 is 0 Å². The third-order valence-corrected chi connectivity index (χ3v) is 4.07. The van der Waals surface area contributed by atoms with E-state index in [0.29, 0.717) is 25.1 Å². The number of hydrogen-bond acceptors (Lipinski definition) is 3. The first-order valence-corrected chi connectivity index (χ1v) is 7.55. The first-order valence-electron chi connectivity index (χ1n) is 7.55. The molecular weight excluding hydrogens is 240 g/mol. The maximum atomic E-state index is 12.4. The third kappa shape index (κ3) is 5.49. The van der Waals surface area contributed by atoms with E-state index in [-0.39, 0.29) is 5.91 Å². The van der Waals surface area contributed by atoms with Crippen molar-refractivity contribution in [1.29, 1.82) is 0 Å². The molecule has 1 saturated heterocycles. The van der Waals surface area contributed by atoms with Crippen molar-refractivity contribution in [1.82, 2.24) is 10.2 Å². The summed E-state index contributed by atoms with van der Waals surface area (Å²) in [7, 11) is 1.68. The zero-order valence-electron chi connectivity index (χ0n) is 12.9. The minimum atomic E-state index is 0.240. The Morgan fingerprint density at radius 2 is 2.11 bits per heavy atom. The number of hydrogen-bond donors (Lipinski definition) is 1. The molecule has 2 atom stereocenters. The van der Waals surface area contributed by atoms with Gasteiger partial charge < -0.3 is 15.0 Å². The van der Waals surface area contributed by atoms with Gasteiger partial charge in [0.05, 0.1) is 13.2 Å². The molecule has 0 aromatic carbocycles. The van der Waals surface area contributed by atoms with Gasteiger partial charge in [-0.1, -0.05) is 20.8 Å². The second-order valence-electron chi connectivity index (χ2n) is 6.04. The van der Waals surface area contributed by atoms with Crippen LogP contribution in [0.3, 0.4) is 0 Å². The highest BCUT2D eigenvalue weighted by Gasteiger charge is 2.28. The summed E-state index contributed by atoms with van der Waals surface area (Å²) in [4.78, 5) is 14.5. The van der Waals surface area contributed by atoms with Gasteiger partial charge in [0.25, 0.3) is 0 Å². The van der Waals surface area contributed by atoms with E-state index in [9.17, 15) is 4.79 Å². The number of carbonyl (C=O) groups is 1. The molecule has 0 unspecified atom stereocenters. The van der Waals surface area contributed by atoms with Crippen molar-refractivity contribution in [2.75, 3.05) is 33.4 Å². The summed E-state index contributed by atoms with van der Waals surface area (Å²) in [5, 5.41) is 3.16. The van der Waals surface area contributed by atoms with Gasteiger partial charge in [-0.15, -0.1) is 0 Å². The number of likely N-dealkylation sites (tertiary alicyclic amines) is 1. The molecule has 1 aliphatic rings. The van der Waals surface area contributed by atoms with E-state index in [2.05, 4.69) is 31.0 Å². The van der Waals surface area contributed by atoms with Gasteiger partial charge in [-0.25, -0.2) is 0 Å². The Bertz CT molecular complexity index is 269. The minimum absolute atomic E-state index is 0.240. The van der Waals surface area contributed by atoms with Crippen molar-refractivity contribution in [3.05, 3.63) is 0 Å². The standard InChI is InChI=1S/C15H30N2O2/c1-12(2)14-6-5-13(3)7-9-17(14)15(18)11-16-8-10-19-4/h12-14,16H,5-11H2,1-4H3/t13-,14+/m0/s1. The third-order valence-electron chi connectivity index (χ3n) is 4.07. The lowest BCUT2D eigenvalue weighted by Gasteiger charge is -2.33. The molecule has 0 aliphatic carbocycles. The van der Waals surface area contributed by atoms with Gasteiger partial charge in [-0.05, 0) is 31.1 Å². The monoisotopic (exact) mass is 270 g/mol. The molecule has 4 heteroatoms. The lowest BCUT2D eigenvalue weighted by molar-refractivity contribution is -0.133. The van der Waals surface area contributed by atoms with Crippen LogP contribution in [0.1, 0.15) is 40.0 Å². The fourth-order valence-corrected chi connectivity index (χ4v) is 2.75. The van der Waals surface area contributed by atoms with Gasteiger partial charge in [0.2, 0.25) is 5.91 Å². The zero-order valence-corrected chi connectivity index (χ0v) is 12.9. The fraction of sp³-hybridized carbons (Fsp3) is 0.933. The summed E-state index contributed by atoms with van der Waals surface area (Å²) in [6.07, 6.45) is 3.51. The van der Waals surface area contributed by atoms with Crippen LogP contribution in [0.15, 0.2) is 0 Å². The van der Waals surface area contributed by atoms with Crippen LogP contribution >= 0.6 is 0 Å². The van der Waals surface area contributed by atoms with Gasteiger partial charge in [-0.3, -0.25) is 4.79 Å². The number of methoxy groups -OCH3 is 1. The van der Waals surface area contributed by atoms with Crippen molar-refractivity contribution < 1.29 is 9.53 Å². The molecule has 0 saturated carbocycles. The molecule has 0 bridgehead atoms. The molecule has 112 valence electrons. The highest BCUT2D eigenvalue weighted by atomic mass is 16.5. The molecule has 0 aromatic rings. The van der Waals surface area contributed by atoms with E-state index in [1.54, 1.807) is 7.11 Å². The van der Waals surface area contributed by atoms with E-state index in [4.69, 9.17) is 4.74 Å². The SMILES string of the molecule is COCCNCC(=O)N1CC[C@@H](C)CC[C@@H]1C(C)C. The van der Waals surface area contributed by atoms with Crippen LogP contribution in [-0.4, -0.2) is 50.2 Å². The molecular formula is C15H30N2O2. The average molecular weight is 270 g/mol. The van der Waals surface area contributed by atoms with Crippen molar-refractivity contribution >= 4 is 5.91 Å². The van der Waals surface area contributed by atoms with Crippen molar-refractivity contribution in [3.63, 3.8) is 0 Å². The molecule has 0 radical (unpaired) electrons.